The van der Waals surface area contributed by atoms with Gasteiger partial charge in [0.1, 0.15) is 0 Å². The molecule has 3 aromatic carbocycles. The Kier molecular flexibility index (Phi) is 10.5. The van der Waals surface area contributed by atoms with Crippen LogP contribution in [-0.2, 0) is 9.59 Å². The molecule has 0 spiro atoms. The summed E-state index contributed by atoms with van der Waals surface area (Å²) in [4.78, 5) is 46.3. The Morgan fingerprint density at radius 1 is 0.818 bits per heavy atom. The van der Waals surface area contributed by atoms with Gasteiger partial charge >= 0.3 is 0 Å². The Bertz CT molecular complexity index is 1490. The molecule has 44 heavy (non-hydrogen) atoms. The number of anilines is 1. The Morgan fingerprint density at radius 2 is 1.50 bits per heavy atom. The summed E-state index contributed by atoms with van der Waals surface area (Å²) in [6, 6.07) is 20.8. The zero-order chi connectivity index (χ0) is 31.2. The average molecular weight is 637 g/mol. The van der Waals surface area contributed by atoms with Gasteiger partial charge in [-0.3, -0.25) is 14.4 Å². The summed E-state index contributed by atoms with van der Waals surface area (Å²) in [5.41, 5.74) is 9.82. The molecule has 2 aliphatic rings. The molecule has 2 aliphatic heterocycles. The van der Waals surface area contributed by atoms with Crippen molar-refractivity contribution >= 4 is 46.6 Å². The van der Waals surface area contributed by atoms with Crippen molar-refractivity contribution in [2.75, 3.05) is 57.8 Å². The molecule has 10 heteroatoms. The molecule has 0 saturated carbocycles. The number of likely N-dealkylation sites (tertiary alicyclic amines) is 2. The summed E-state index contributed by atoms with van der Waals surface area (Å²) in [5.74, 6) is -0.626. The van der Waals surface area contributed by atoms with Crippen LogP contribution in [0.2, 0.25) is 10.0 Å². The maximum atomic E-state index is 13.8. The number of nitrogens with two attached hydrogens (primary N) is 1. The van der Waals surface area contributed by atoms with Gasteiger partial charge in [-0.05, 0) is 85.8 Å². The van der Waals surface area contributed by atoms with Crippen molar-refractivity contribution in [3.63, 3.8) is 0 Å². The summed E-state index contributed by atoms with van der Waals surface area (Å²) in [6.45, 7) is 4.12. The third kappa shape index (κ3) is 7.73. The number of rotatable bonds is 11. The van der Waals surface area contributed by atoms with Gasteiger partial charge in [0, 0.05) is 37.9 Å². The van der Waals surface area contributed by atoms with Crippen molar-refractivity contribution in [2.24, 2.45) is 5.73 Å². The van der Waals surface area contributed by atoms with Gasteiger partial charge in [0.2, 0.25) is 11.8 Å². The molecule has 0 aliphatic carbocycles. The monoisotopic (exact) mass is 635 g/mol. The standard InChI is InChI=1S/C34H39Cl2N5O3/c1-38(33(43)23-41(22-32(37)42)28-13-14-29(35)30(36)20-28)31(21-39-15-2-3-16-39)25-11-9-24(10-12-25)26-7-6-8-27(19-26)34(44)40-17-4-5-18-40/h6-14,19-20,31H,2-5,15-18,21-23H2,1H3,(H2,37,42)/t31-/m0/s1. The van der Waals surface area contributed by atoms with Gasteiger partial charge in [0.25, 0.3) is 5.91 Å². The van der Waals surface area contributed by atoms with Crippen LogP contribution in [0.4, 0.5) is 5.69 Å². The summed E-state index contributed by atoms with van der Waals surface area (Å²) in [7, 11) is 1.81. The number of benzene rings is 3. The summed E-state index contributed by atoms with van der Waals surface area (Å²) in [5, 5.41) is 0.717. The van der Waals surface area contributed by atoms with Gasteiger partial charge in [0.15, 0.2) is 0 Å². The first-order valence-corrected chi connectivity index (χ1v) is 15.9. The topological polar surface area (TPSA) is 90.2 Å². The Labute approximate surface area is 269 Å². The highest BCUT2D eigenvalue weighted by atomic mass is 35.5. The van der Waals surface area contributed by atoms with E-state index in [1.165, 1.54) is 0 Å². The average Bonchev–Trinajstić information content (AvgIpc) is 3.75. The number of halogens is 2. The van der Waals surface area contributed by atoms with Crippen molar-refractivity contribution in [1.29, 1.82) is 0 Å². The van der Waals surface area contributed by atoms with E-state index in [-0.39, 0.29) is 30.9 Å². The van der Waals surface area contributed by atoms with E-state index in [4.69, 9.17) is 28.9 Å². The van der Waals surface area contributed by atoms with Crippen LogP contribution < -0.4 is 10.6 Å². The Hall–Kier alpha value is -3.59. The molecule has 0 aromatic heterocycles. The summed E-state index contributed by atoms with van der Waals surface area (Å²) < 4.78 is 0. The molecule has 2 saturated heterocycles. The quantitative estimate of drug-likeness (QED) is 0.301. The van der Waals surface area contributed by atoms with E-state index in [1.54, 1.807) is 28.0 Å². The second-order valence-corrected chi connectivity index (χ2v) is 12.5. The molecule has 2 N–H and O–H groups in total. The highest BCUT2D eigenvalue weighted by molar-refractivity contribution is 6.42. The minimum atomic E-state index is -0.554. The molecule has 3 aromatic rings. The van der Waals surface area contributed by atoms with Crippen LogP contribution in [0, 0.1) is 0 Å². The van der Waals surface area contributed by atoms with E-state index in [9.17, 15) is 14.4 Å². The number of likely N-dealkylation sites (N-methyl/N-ethyl adjacent to an activating group) is 1. The highest BCUT2D eigenvalue weighted by Crippen LogP contribution is 2.30. The molecule has 1 atom stereocenters. The van der Waals surface area contributed by atoms with Gasteiger partial charge in [-0.15, -0.1) is 0 Å². The minimum absolute atomic E-state index is 0.0518. The number of primary amides is 1. The number of amides is 3. The molecular weight excluding hydrogens is 597 g/mol. The minimum Gasteiger partial charge on any atom is -0.368 e. The first kappa shape index (κ1) is 31.8. The molecule has 3 amide bonds. The van der Waals surface area contributed by atoms with Crippen LogP contribution in [0.25, 0.3) is 11.1 Å². The van der Waals surface area contributed by atoms with Crippen LogP contribution in [0.1, 0.15) is 47.6 Å². The predicted molar refractivity (Wildman–Crippen MR) is 176 cm³/mol. The third-order valence-corrected chi connectivity index (χ3v) is 9.30. The fourth-order valence-electron chi connectivity index (χ4n) is 6.05. The van der Waals surface area contributed by atoms with E-state index < -0.39 is 5.91 Å². The first-order valence-electron chi connectivity index (χ1n) is 15.2. The zero-order valence-corrected chi connectivity index (χ0v) is 26.6. The third-order valence-electron chi connectivity index (χ3n) is 8.56. The van der Waals surface area contributed by atoms with Crippen LogP contribution >= 0.6 is 23.2 Å². The second kappa shape index (κ2) is 14.5. The van der Waals surface area contributed by atoms with Gasteiger partial charge in [-0.2, -0.15) is 0 Å². The molecular formula is C34H39Cl2N5O3. The molecule has 8 nitrogen and oxygen atoms in total. The number of carbonyl (C=O) groups is 3. The van der Waals surface area contributed by atoms with Crippen molar-refractivity contribution in [1.82, 2.24) is 14.7 Å². The van der Waals surface area contributed by atoms with Gasteiger partial charge in [-0.1, -0.05) is 59.6 Å². The number of hydrogen-bond donors (Lipinski definition) is 1. The fourth-order valence-corrected chi connectivity index (χ4v) is 6.34. The summed E-state index contributed by atoms with van der Waals surface area (Å²) in [6.07, 6.45) is 4.39. The van der Waals surface area contributed by atoms with Crippen LogP contribution in [-0.4, -0.2) is 85.3 Å². The van der Waals surface area contributed by atoms with E-state index in [1.807, 2.05) is 36.2 Å². The lowest BCUT2D eigenvalue weighted by molar-refractivity contribution is -0.131. The molecule has 5 rings (SSSR count). The van der Waals surface area contributed by atoms with E-state index >= 15 is 0 Å². The van der Waals surface area contributed by atoms with E-state index in [2.05, 4.69) is 29.2 Å². The molecule has 0 radical (unpaired) electrons. The molecule has 232 valence electrons. The van der Waals surface area contributed by atoms with E-state index in [0.717, 1.165) is 68.6 Å². The maximum Gasteiger partial charge on any atom is 0.253 e. The lowest BCUT2D eigenvalue weighted by Crippen LogP contribution is -2.45. The van der Waals surface area contributed by atoms with Crippen molar-refractivity contribution in [3.8, 4) is 11.1 Å². The van der Waals surface area contributed by atoms with Crippen molar-refractivity contribution in [3.05, 3.63) is 87.9 Å². The summed E-state index contributed by atoms with van der Waals surface area (Å²) >= 11 is 12.3. The van der Waals surface area contributed by atoms with Gasteiger partial charge < -0.3 is 25.3 Å². The van der Waals surface area contributed by atoms with Gasteiger partial charge in [-0.25, -0.2) is 0 Å². The SMILES string of the molecule is CN(C(=O)CN(CC(N)=O)c1ccc(Cl)c(Cl)c1)[C@@H](CN1CCCC1)c1ccc(-c2cccc(C(=O)N3CCCC3)c2)cc1. The lowest BCUT2D eigenvalue weighted by atomic mass is 9.98. The van der Waals surface area contributed by atoms with E-state index in [0.29, 0.717) is 27.8 Å². The molecule has 2 fully saturated rings. The smallest absolute Gasteiger partial charge is 0.253 e. The Balaban J connectivity index is 1.36. The normalized spacial score (nSPS) is 15.8. The van der Waals surface area contributed by atoms with Crippen LogP contribution in [0.5, 0.6) is 0 Å². The van der Waals surface area contributed by atoms with Gasteiger partial charge in [0.05, 0.1) is 29.2 Å². The van der Waals surface area contributed by atoms with Crippen LogP contribution in [0.15, 0.2) is 66.7 Å². The molecule has 0 unspecified atom stereocenters. The zero-order valence-electron chi connectivity index (χ0n) is 25.1. The number of carbonyl (C=O) groups excluding carboxylic acids is 3. The fraction of sp³-hybridized carbons (Fsp3) is 0.382. The first-order chi connectivity index (χ1) is 21.2. The lowest BCUT2D eigenvalue weighted by Gasteiger charge is -2.34. The number of nitrogens with zero attached hydrogens (tertiary/aromatic N) is 4. The Morgan fingerprint density at radius 3 is 2.16 bits per heavy atom. The number of hydrogen-bond acceptors (Lipinski definition) is 5. The van der Waals surface area contributed by atoms with Crippen molar-refractivity contribution in [2.45, 2.75) is 31.7 Å². The highest BCUT2D eigenvalue weighted by Gasteiger charge is 2.28. The second-order valence-electron chi connectivity index (χ2n) is 11.7. The largest absolute Gasteiger partial charge is 0.368 e. The van der Waals surface area contributed by atoms with Crippen LogP contribution in [0.3, 0.4) is 0 Å². The molecule has 2 heterocycles. The van der Waals surface area contributed by atoms with Crippen molar-refractivity contribution < 1.29 is 14.4 Å². The maximum absolute atomic E-state index is 13.8. The predicted octanol–water partition coefficient (Wildman–Crippen LogP) is 5.48. The molecule has 0 bridgehead atoms.